The standard InChI is InChI=1S/C11H22N2/c1-3-9-6-10(12-2)8-13(7-9)11-4-5-11/h9-12H,3-8H2,1-2H3. The molecule has 0 aromatic carbocycles. The van der Waals surface area contributed by atoms with E-state index in [0.717, 1.165) is 18.0 Å². The average molecular weight is 182 g/mol. The van der Waals surface area contributed by atoms with Crippen molar-refractivity contribution < 1.29 is 0 Å². The summed E-state index contributed by atoms with van der Waals surface area (Å²) in [6.45, 7) is 4.98. The van der Waals surface area contributed by atoms with Crippen molar-refractivity contribution in [2.24, 2.45) is 5.92 Å². The Morgan fingerprint density at radius 2 is 2.08 bits per heavy atom. The molecule has 0 bridgehead atoms. The summed E-state index contributed by atoms with van der Waals surface area (Å²) in [5.41, 5.74) is 0. The normalized spacial score (nSPS) is 36.5. The zero-order valence-electron chi connectivity index (χ0n) is 8.92. The number of rotatable bonds is 3. The molecule has 2 unspecified atom stereocenters. The van der Waals surface area contributed by atoms with E-state index in [9.17, 15) is 0 Å². The van der Waals surface area contributed by atoms with E-state index in [1.807, 2.05) is 0 Å². The molecule has 0 aromatic rings. The molecule has 2 heteroatoms. The fourth-order valence-corrected chi connectivity index (χ4v) is 2.48. The molecule has 2 aliphatic rings. The van der Waals surface area contributed by atoms with Gasteiger partial charge >= 0.3 is 0 Å². The van der Waals surface area contributed by atoms with Crippen molar-refractivity contribution in [3.05, 3.63) is 0 Å². The van der Waals surface area contributed by atoms with Crippen LogP contribution in [0.3, 0.4) is 0 Å². The number of hydrogen-bond acceptors (Lipinski definition) is 2. The number of nitrogens with zero attached hydrogens (tertiary/aromatic N) is 1. The van der Waals surface area contributed by atoms with Crippen LogP contribution in [0.25, 0.3) is 0 Å². The monoisotopic (exact) mass is 182 g/mol. The molecular weight excluding hydrogens is 160 g/mol. The zero-order valence-corrected chi connectivity index (χ0v) is 8.92. The van der Waals surface area contributed by atoms with Gasteiger partial charge in [-0.1, -0.05) is 13.3 Å². The molecule has 0 spiro atoms. The van der Waals surface area contributed by atoms with Gasteiger partial charge in [-0.15, -0.1) is 0 Å². The average Bonchev–Trinajstić information content (AvgIpc) is 3.00. The minimum Gasteiger partial charge on any atom is -0.316 e. The number of likely N-dealkylation sites (N-methyl/N-ethyl adjacent to an activating group) is 1. The number of likely N-dealkylation sites (tertiary alicyclic amines) is 1. The number of piperidine rings is 1. The van der Waals surface area contributed by atoms with Gasteiger partial charge in [0.15, 0.2) is 0 Å². The molecule has 1 aliphatic heterocycles. The maximum Gasteiger partial charge on any atom is 0.0195 e. The highest BCUT2D eigenvalue weighted by molar-refractivity contribution is 4.91. The Morgan fingerprint density at radius 1 is 1.31 bits per heavy atom. The maximum atomic E-state index is 3.44. The summed E-state index contributed by atoms with van der Waals surface area (Å²) in [5.74, 6) is 0.937. The van der Waals surface area contributed by atoms with E-state index in [2.05, 4.69) is 24.2 Å². The van der Waals surface area contributed by atoms with Gasteiger partial charge in [-0.3, -0.25) is 4.90 Å². The SMILES string of the molecule is CCC1CC(NC)CN(C2CC2)C1. The Hall–Kier alpha value is -0.0800. The lowest BCUT2D eigenvalue weighted by Crippen LogP contribution is -2.48. The first kappa shape index (κ1) is 9.47. The van der Waals surface area contributed by atoms with E-state index >= 15 is 0 Å². The number of hydrogen-bond donors (Lipinski definition) is 1. The lowest BCUT2D eigenvalue weighted by molar-refractivity contribution is 0.135. The molecule has 13 heavy (non-hydrogen) atoms. The van der Waals surface area contributed by atoms with Crippen LogP contribution in [-0.2, 0) is 0 Å². The Kier molecular flexibility index (Phi) is 2.89. The second-order valence-electron chi connectivity index (χ2n) is 4.68. The van der Waals surface area contributed by atoms with Gasteiger partial charge in [0.05, 0.1) is 0 Å². The minimum absolute atomic E-state index is 0.749. The van der Waals surface area contributed by atoms with Gasteiger partial charge in [-0.25, -0.2) is 0 Å². The Bertz CT molecular complexity index is 153. The molecule has 1 N–H and O–H groups in total. The van der Waals surface area contributed by atoms with Crippen LogP contribution in [0.4, 0.5) is 0 Å². The summed E-state index contributed by atoms with van der Waals surface area (Å²) in [6.07, 6.45) is 5.64. The maximum absolute atomic E-state index is 3.44. The van der Waals surface area contributed by atoms with Crippen molar-refractivity contribution in [2.75, 3.05) is 20.1 Å². The fourth-order valence-electron chi connectivity index (χ4n) is 2.48. The summed E-state index contributed by atoms with van der Waals surface area (Å²) in [5, 5.41) is 3.44. The van der Waals surface area contributed by atoms with E-state index < -0.39 is 0 Å². The van der Waals surface area contributed by atoms with Crippen LogP contribution in [0.2, 0.25) is 0 Å². The molecule has 1 saturated carbocycles. The summed E-state index contributed by atoms with van der Waals surface area (Å²) in [7, 11) is 2.10. The van der Waals surface area contributed by atoms with Crippen LogP contribution in [0, 0.1) is 5.92 Å². The van der Waals surface area contributed by atoms with Crippen molar-refractivity contribution >= 4 is 0 Å². The Labute approximate surface area is 81.7 Å². The zero-order chi connectivity index (χ0) is 9.26. The third-order valence-corrected chi connectivity index (χ3v) is 3.61. The van der Waals surface area contributed by atoms with Gasteiger partial charge in [0.1, 0.15) is 0 Å². The van der Waals surface area contributed by atoms with Gasteiger partial charge in [0.25, 0.3) is 0 Å². The van der Waals surface area contributed by atoms with Crippen molar-refractivity contribution in [1.29, 1.82) is 0 Å². The van der Waals surface area contributed by atoms with Crippen LogP contribution in [0.15, 0.2) is 0 Å². The molecule has 0 amide bonds. The van der Waals surface area contributed by atoms with Crippen molar-refractivity contribution in [3.8, 4) is 0 Å². The summed E-state index contributed by atoms with van der Waals surface area (Å²) in [4.78, 5) is 2.71. The molecule has 0 aromatic heterocycles. The lowest BCUT2D eigenvalue weighted by Gasteiger charge is -2.37. The van der Waals surface area contributed by atoms with Crippen LogP contribution < -0.4 is 5.32 Å². The second kappa shape index (κ2) is 3.97. The molecule has 1 saturated heterocycles. The van der Waals surface area contributed by atoms with E-state index in [4.69, 9.17) is 0 Å². The van der Waals surface area contributed by atoms with E-state index in [0.29, 0.717) is 0 Å². The highest BCUT2D eigenvalue weighted by Crippen LogP contribution is 2.31. The Morgan fingerprint density at radius 3 is 2.62 bits per heavy atom. The van der Waals surface area contributed by atoms with E-state index in [1.165, 1.54) is 38.8 Å². The second-order valence-corrected chi connectivity index (χ2v) is 4.68. The molecular formula is C11H22N2. The summed E-state index contributed by atoms with van der Waals surface area (Å²) in [6, 6.07) is 1.70. The van der Waals surface area contributed by atoms with Gasteiger partial charge < -0.3 is 5.32 Å². The van der Waals surface area contributed by atoms with Crippen LogP contribution >= 0.6 is 0 Å². The van der Waals surface area contributed by atoms with E-state index in [-0.39, 0.29) is 0 Å². The van der Waals surface area contributed by atoms with Gasteiger partial charge in [-0.2, -0.15) is 0 Å². The quantitative estimate of drug-likeness (QED) is 0.711. The van der Waals surface area contributed by atoms with Gasteiger partial charge in [-0.05, 0) is 32.2 Å². The van der Waals surface area contributed by atoms with Crippen LogP contribution in [0.1, 0.15) is 32.6 Å². The molecule has 2 atom stereocenters. The van der Waals surface area contributed by atoms with Crippen molar-refractivity contribution in [2.45, 2.75) is 44.7 Å². The van der Waals surface area contributed by atoms with Crippen molar-refractivity contribution in [1.82, 2.24) is 10.2 Å². The highest BCUT2D eigenvalue weighted by atomic mass is 15.2. The van der Waals surface area contributed by atoms with Gasteiger partial charge in [0.2, 0.25) is 0 Å². The smallest absolute Gasteiger partial charge is 0.0195 e. The molecule has 1 aliphatic carbocycles. The predicted molar refractivity (Wildman–Crippen MR) is 55.8 cm³/mol. The fraction of sp³-hybridized carbons (Fsp3) is 1.00. The largest absolute Gasteiger partial charge is 0.316 e. The summed E-state index contributed by atoms with van der Waals surface area (Å²) >= 11 is 0. The first-order valence-corrected chi connectivity index (χ1v) is 5.74. The topological polar surface area (TPSA) is 15.3 Å². The highest BCUT2D eigenvalue weighted by Gasteiger charge is 2.34. The first-order chi connectivity index (χ1) is 6.33. The lowest BCUT2D eigenvalue weighted by atomic mass is 9.92. The van der Waals surface area contributed by atoms with Gasteiger partial charge in [0, 0.05) is 25.2 Å². The molecule has 2 fully saturated rings. The summed E-state index contributed by atoms with van der Waals surface area (Å²) < 4.78 is 0. The van der Waals surface area contributed by atoms with Crippen molar-refractivity contribution in [3.63, 3.8) is 0 Å². The van der Waals surface area contributed by atoms with E-state index in [1.54, 1.807) is 0 Å². The number of nitrogens with one attached hydrogen (secondary N) is 1. The third kappa shape index (κ3) is 2.23. The molecule has 76 valence electrons. The van der Waals surface area contributed by atoms with Crippen LogP contribution in [-0.4, -0.2) is 37.1 Å². The molecule has 0 radical (unpaired) electrons. The third-order valence-electron chi connectivity index (χ3n) is 3.61. The Balaban J connectivity index is 1.89. The van der Waals surface area contributed by atoms with Crippen LogP contribution in [0.5, 0.6) is 0 Å². The first-order valence-electron chi connectivity index (χ1n) is 5.74. The molecule has 2 rings (SSSR count). The predicted octanol–water partition coefficient (Wildman–Crippen LogP) is 1.47. The minimum atomic E-state index is 0.749. The molecule has 1 heterocycles. The molecule has 2 nitrogen and oxygen atoms in total.